The second-order valence-corrected chi connectivity index (χ2v) is 4.66. The van der Waals surface area contributed by atoms with Gasteiger partial charge >= 0.3 is 0 Å². The summed E-state index contributed by atoms with van der Waals surface area (Å²) in [6.45, 7) is 1.40. The summed E-state index contributed by atoms with van der Waals surface area (Å²) < 4.78 is 0. The van der Waals surface area contributed by atoms with Crippen molar-refractivity contribution >= 4 is 23.0 Å². The molecule has 7 nitrogen and oxygen atoms in total. The molecule has 1 saturated heterocycles. The first kappa shape index (κ1) is 13.1. The van der Waals surface area contributed by atoms with Gasteiger partial charge in [0.05, 0.1) is 4.92 Å². The molecule has 0 atom stereocenters. The Bertz CT molecular complexity index is 510. The Hall–Kier alpha value is -2.31. The fourth-order valence-corrected chi connectivity index (χ4v) is 2.33. The molecule has 102 valence electrons. The number of rotatable bonds is 3. The zero-order valence-corrected chi connectivity index (χ0v) is 10.4. The van der Waals surface area contributed by atoms with Crippen LogP contribution in [0.1, 0.15) is 12.8 Å². The van der Waals surface area contributed by atoms with Crippen LogP contribution < -0.4 is 16.4 Å². The molecule has 19 heavy (non-hydrogen) atoms. The number of hydrogen-bond acceptors (Lipinski definition) is 5. The zero-order valence-electron chi connectivity index (χ0n) is 10.4. The van der Waals surface area contributed by atoms with E-state index in [4.69, 9.17) is 11.5 Å². The lowest BCUT2D eigenvalue weighted by molar-refractivity contribution is -0.383. The van der Waals surface area contributed by atoms with E-state index < -0.39 is 4.92 Å². The van der Waals surface area contributed by atoms with Crippen LogP contribution in [0.15, 0.2) is 18.2 Å². The molecular formula is C12H16N4O3. The van der Waals surface area contributed by atoms with E-state index in [1.165, 1.54) is 6.07 Å². The Morgan fingerprint density at radius 3 is 2.47 bits per heavy atom. The number of primary amides is 1. The van der Waals surface area contributed by atoms with Gasteiger partial charge in [0.1, 0.15) is 5.69 Å². The molecule has 0 spiro atoms. The van der Waals surface area contributed by atoms with Gasteiger partial charge in [-0.15, -0.1) is 0 Å². The van der Waals surface area contributed by atoms with Crippen LogP contribution in [0.2, 0.25) is 0 Å². The molecule has 0 radical (unpaired) electrons. The molecule has 1 fully saturated rings. The topological polar surface area (TPSA) is 115 Å². The van der Waals surface area contributed by atoms with Crippen LogP contribution >= 0.6 is 0 Å². The Morgan fingerprint density at radius 1 is 1.37 bits per heavy atom. The third-order valence-electron chi connectivity index (χ3n) is 3.47. The molecule has 1 aromatic rings. The van der Waals surface area contributed by atoms with Crippen LogP contribution in [-0.4, -0.2) is 23.9 Å². The predicted molar refractivity (Wildman–Crippen MR) is 71.6 cm³/mol. The number of nitrogens with two attached hydrogens (primary N) is 2. The maximum atomic E-state index is 11.1. The molecule has 0 aromatic heterocycles. The summed E-state index contributed by atoms with van der Waals surface area (Å²) >= 11 is 0. The SMILES string of the molecule is NC(=O)C1CCN(c2ccc([N+](=O)[O-])c(N)c2)CC1. The van der Waals surface area contributed by atoms with E-state index in [0.717, 1.165) is 5.69 Å². The number of benzene rings is 1. The molecule has 1 aromatic carbocycles. The Morgan fingerprint density at radius 2 is 2.00 bits per heavy atom. The maximum Gasteiger partial charge on any atom is 0.292 e. The van der Waals surface area contributed by atoms with Gasteiger partial charge in [-0.25, -0.2) is 0 Å². The zero-order chi connectivity index (χ0) is 14.0. The predicted octanol–water partition coefficient (Wildman–Crippen LogP) is 0.879. The maximum absolute atomic E-state index is 11.1. The molecule has 2 rings (SSSR count). The van der Waals surface area contributed by atoms with Gasteiger partial charge in [0.15, 0.2) is 0 Å². The lowest BCUT2D eigenvalue weighted by Crippen LogP contribution is -2.38. The van der Waals surface area contributed by atoms with Crippen molar-refractivity contribution < 1.29 is 9.72 Å². The summed E-state index contributed by atoms with van der Waals surface area (Å²) in [4.78, 5) is 23.3. The first-order valence-electron chi connectivity index (χ1n) is 6.07. The smallest absolute Gasteiger partial charge is 0.292 e. The first-order valence-corrected chi connectivity index (χ1v) is 6.07. The number of nitro groups is 1. The number of nitro benzene ring substituents is 1. The quantitative estimate of drug-likeness (QED) is 0.477. The summed E-state index contributed by atoms with van der Waals surface area (Å²) in [7, 11) is 0. The highest BCUT2D eigenvalue weighted by atomic mass is 16.6. The molecule has 4 N–H and O–H groups in total. The van der Waals surface area contributed by atoms with Crippen molar-refractivity contribution in [1.29, 1.82) is 0 Å². The highest BCUT2D eigenvalue weighted by Crippen LogP contribution is 2.29. The summed E-state index contributed by atoms with van der Waals surface area (Å²) in [6.07, 6.45) is 1.40. The number of anilines is 2. The second kappa shape index (κ2) is 5.13. The average molecular weight is 264 g/mol. The van der Waals surface area contributed by atoms with Gasteiger partial charge in [-0.05, 0) is 25.0 Å². The van der Waals surface area contributed by atoms with Crippen LogP contribution in [0, 0.1) is 16.0 Å². The number of nitrogens with zero attached hydrogens (tertiary/aromatic N) is 2. The lowest BCUT2D eigenvalue weighted by atomic mass is 9.96. The van der Waals surface area contributed by atoms with Gasteiger partial charge in [0.2, 0.25) is 5.91 Å². The molecule has 7 heteroatoms. The second-order valence-electron chi connectivity index (χ2n) is 4.66. The lowest BCUT2D eigenvalue weighted by Gasteiger charge is -2.32. The van der Waals surface area contributed by atoms with E-state index in [0.29, 0.717) is 25.9 Å². The standard InChI is InChI=1S/C12H16N4O3/c13-10-7-9(1-2-11(10)16(18)19)15-5-3-8(4-6-15)12(14)17/h1-2,7-8H,3-6,13H2,(H2,14,17). The molecule has 1 aliphatic rings. The van der Waals surface area contributed by atoms with Crippen LogP contribution in [0.3, 0.4) is 0 Å². The fourth-order valence-electron chi connectivity index (χ4n) is 2.33. The number of piperidine rings is 1. The average Bonchev–Trinajstić information content (AvgIpc) is 2.38. The van der Waals surface area contributed by atoms with Crippen molar-refractivity contribution in [2.45, 2.75) is 12.8 Å². The third-order valence-corrected chi connectivity index (χ3v) is 3.47. The number of nitrogen functional groups attached to an aromatic ring is 1. The van der Waals surface area contributed by atoms with Crippen molar-refractivity contribution in [1.82, 2.24) is 0 Å². The highest BCUT2D eigenvalue weighted by Gasteiger charge is 2.24. The van der Waals surface area contributed by atoms with Crippen molar-refractivity contribution in [3.05, 3.63) is 28.3 Å². The number of amides is 1. The van der Waals surface area contributed by atoms with E-state index in [2.05, 4.69) is 4.90 Å². The van der Waals surface area contributed by atoms with Gasteiger partial charge in [-0.3, -0.25) is 14.9 Å². The van der Waals surface area contributed by atoms with Gasteiger partial charge in [0, 0.05) is 30.8 Å². The van der Waals surface area contributed by atoms with E-state index in [1.54, 1.807) is 12.1 Å². The van der Waals surface area contributed by atoms with Crippen molar-refractivity contribution in [3.63, 3.8) is 0 Å². The van der Waals surface area contributed by atoms with E-state index in [-0.39, 0.29) is 23.2 Å². The number of carbonyl (C=O) groups excluding carboxylic acids is 1. The number of carbonyl (C=O) groups is 1. The molecule has 1 amide bonds. The van der Waals surface area contributed by atoms with Gasteiger partial charge in [-0.1, -0.05) is 0 Å². The van der Waals surface area contributed by atoms with Crippen LogP contribution in [-0.2, 0) is 4.79 Å². The molecule has 0 unspecified atom stereocenters. The van der Waals surface area contributed by atoms with E-state index in [1.807, 2.05) is 0 Å². The van der Waals surface area contributed by atoms with E-state index in [9.17, 15) is 14.9 Å². The highest BCUT2D eigenvalue weighted by molar-refractivity contribution is 5.77. The van der Waals surface area contributed by atoms with Gasteiger partial charge < -0.3 is 16.4 Å². The van der Waals surface area contributed by atoms with E-state index >= 15 is 0 Å². The number of hydrogen-bond donors (Lipinski definition) is 2. The normalized spacial score (nSPS) is 16.3. The molecule has 0 aliphatic carbocycles. The first-order chi connectivity index (χ1) is 8.99. The minimum atomic E-state index is -0.502. The monoisotopic (exact) mass is 264 g/mol. The summed E-state index contributed by atoms with van der Waals surface area (Å²) in [5.74, 6) is -0.338. The summed E-state index contributed by atoms with van der Waals surface area (Å²) in [5.41, 5.74) is 11.8. The minimum Gasteiger partial charge on any atom is -0.393 e. The van der Waals surface area contributed by atoms with Crippen molar-refractivity contribution in [2.75, 3.05) is 23.7 Å². The molecule has 0 bridgehead atoms. The molecule has 1 aliphatic heterocycles. The van der Waals surface area contributed by atoms with Crippen molar-refractivity contribution in [3.8, 4) is 0 Å². The minimum absolute atomic E-state index is 0.0772. The molecular weight excluding hydrogens is 248 g/mol. The van der Waals surface area contributed by atoms with Crippen LogP contribution in [0.5, 0.6) is 0 Å². The molecule has 0 saturated carbocycles. The summed E-state index contributed by atoms with van der Waals surface area (Å²) in [5, 5.41) is 10.7. The largest absolute Gasteiger partial charge is 0.393 e. The Kier molecular flexibility index (Phi) is 3.55. The Balaban J connectivity index is 2.10. The Labute approximate surface area is 110 Å². The third kappa shape index (κ3) is 2.75. The summed E-state index contributed by atoms with van der Waals surface area (Å²) in [6, 6.07) is 4.69. The molecule has 1 heterocycles. The fraction of sp³-hybridized carbons (Fsp3) is 0.417. The van der Waals surface area contributed by atoms with Crippen LogP contribution in [0.4, 0.5) is 17.1 Å². The van der Waals surface area contributed by atoms with Gasteiger partial charge in [0.25, 0.3) is 5.69 Å². The van der Waals surface area contributed by atoms with Crippen LogP contribution in [0.25, 0.3) is 0 Å². The van der Waals surface area contributed by atoms with Crippen molar-refractivity contribution in [2.24, 2.45) is 11.7 Å². The van der Waals surface area contributed by atoms with Gasteiger partial charge in [-0.2, -0.15) is 0 Å².